The Balaban J connectivity index is 2.14. The van der Waals surface area contributed by atoms with Gasteiger partial charge in [0.1, 0.15) is 11.7 Å². The van der Waals surface area contributed by atoms with Gasteiger partial charge in [-0.2, -0.15) is 10.0 Å². The molecule has 2 rings (SSSR count). The zero-order valence-corrected chi connectivity index (χ0v) is 11.6. The van der Waals surface area contributed by atoms with E-state index in [1.165, 1.54) is 18.3 Å². The van der Waals surface area contributed by atoms with Crippen LogP contribution in [-0.4, -0.2) is 23.1 Å². The van der Waals surface area contributed by atoms with Crippen LogP contribution in [0.5, 0.6) is 0 Å². The summed E-state index contributed by atoms with van der Waals surface area (Å²) in [7, 11) is 0. The second kappa shape index (κ2) is 7.25. The molecule has 0 saturated heterocycles. The molecule has 1 aromatic heterocycles. The highest BCUT2D eigenvalue weighted by Gasteiger charge is 2.07. The number of hydrogen-bond acceptors (Lipinski definition) is 5. The van der Waals surface area contributed by atoms with Crippen molar-refractivity contribution in [3.05, 3.63) is 69.8 Å². The molecule has 7 heteroatoms. The summed E-state index contributed by atoms with van der Waals surface area (Å²) in [6.07, 6.45) is 1.34. The quantitative estimate of drug-likeness (QED) is 0.399. The standard InChI is InChI=1S/C14H11ClN4O2/c15-13-7-6-11(8-16-13)14(20)19-18-12(9-17-21)10-4-2-1-3-5-10/h1-8H,9H2,(H,19,20). The fourth-order valence-electron chi connectivity index (χ4n) is 1.58. The number of hydrazone groups is 1. The lowest BCUT2D eigenvalue weighted by atomic mass is 10.1. The third kappa shape index (κ3) is 4.19. The molecule has 0 atom stereocenters. The van der Waals surface area contributed by atoms with E-state index in [-0.39, 0.29) is 6.54 Å². The van der Waals surface area contributed by atoms with Crippen LogP contribution in [0.1, 0.15) is 15.9 Å². The Hall–Kier alpha value is -2.60. The SMILES string of the molecule is O=NCC(=NNC(=O)c1ccc(Cl)nc1)c1ccccc1. The maximum atomic E-state index is 11.9. The molecule has 21 heavy (non-hydrogen) atoms. The largest absolute Gasteiger partial charge is 0.272 e. The van der Waals surface area contributed by atoms with E-state index in [2.05, 4.69) is 20.7 Å². The van der Waals surface area contributed by atoms with Crippen molar-refractivity contribution in [3.8, 4) is 0 Å². The molecule has 0 aliphatic rings. The summed E-state index contributed by atoms with van der Waals surface area (Å²) >= 11 is 5.65. The van der Waals surface area contributed by atoms with Gasteiger partial charge in [0.05, 0.1) is 11.3 Å². The van der Waals surface area contributed by atoms with Crippen molar-refractivity contribution >= 4 is 23.2 Å². The second-order valence-corrected chi connectivity index (χ2v) is 4.41. The molecule has 0 aliphatic carbocycles. The van der Waals surface area contributed by atoms with E-state index >= 15 is 0 Å². The molecule has 106 valence electrons. The summed E-state index contributed by atoms with van der Waals surface area (Å²) in [6, 6.07) is 12.0. The molecule has 0 fully saturated rings. The van der Waals surface area contributed by atoms with Crippen LogP contribution in [0.15, 0.2) is 58.9 Å². The minimum absolute atomic E-state index is 0.136. The molecule has 0 spiro atoms. The van der Waals surface area contributed by atoms with Gasteiger partial charge in [-0.1, -0.05) is 47.1 Å². The molecule has 0 unspecified atom stereocenters. The fourth-order valence-corrected chi connectivity index (χ4v) is 1.69. The van der Waals surface area contributed by atoms with Crippen molar-refractivity contribution in [1.29, 1.82) is 0 Å². The summed E-state index contributed by atoms with van der Waals surface area (Å²) in [6.45, 7) is -0.136. The van der Waals surface area contributed by atoms with Crippen LogP contribution in [0, 0.1) is 4.91 Å². The van der Waals surface area contributed by atoms with E-state index in [0.717, 1.165) is 0 Å². The Kier molecular flexibility index (Phi) is 5.11. The zero-order valence-electron chi connectivity index (χ0n) is 10.9. The van der Waals surface area contributed by atoms with E-state index in [0.29, 0.717) is 22.0 Å². The van der Waals surface area contributed by atoms with Gasteiger partial charge in [-0.25, -0.2) is 10.4 Å². The minimum Gasteiger partial charge on any atom is -0.267 e. The maximum Gasteiger partial charge on any atom is 0.272 e. The number of pyridine rings is 1. The van der Waals surface area contributed by atoms with Crippen LogP contribution in [0.3, 0.4) is 0 Å². The number of carbonyl (C=O) groups excluding carboxylic acids is 1. The molecule has 1 amide bonds. The first-order valence-corrected chi connectivity index (χ1v) is 6.41. The van der Waals surface area contributed by atoms with Crippen molar-refractivity contribution in [1.82, 2.24) is 10.4 Å². The third-order valence-electron chi connectivity index (χ3n) is 2.60. The predicted octanol–water partition coefficient (Wildman–Crippen LogP) is 2.64. The number of amides is 1. The summed E-state index contributed by atoms with van der Waals surface area (Å²) in [5.41, 5.74) is 3.77. The number of nitroso groups, excluding NO2 is 1. The number of aromatic nitrogens is 1. The number of nitrogens with zero attached hydrogens (tertiary/aromatic N) is 3. The third-order valence-corrected chi connectivity index (χ3v) is 2.83. The van der Waals surface area contributed by atoms with Crippen LogP contribution in [0.25, 0.3) is 0 Å². The van der Waals surface area contributed by atoms with Crippen molar-refractivity contribution in [2.75, 3.05) is 6.54 Å². The van der Waals surface area contributed by atoms with Gasteiger partial charge in [0.25, 0.3) is 5.91 Å². The van der Waals surface area contributed by atoms with Gasteiger partial charge in [0, 0.05) is 6.20 Å². The van der Waals surface area contributed by atoms with Gasteiger partial charge < -0.3 is 0 Å². The van der Waals surface area contributed by atoms with Crippen molar-refractivity contribution in [3.63, 3.8) is 0 Å². The van der Waals surface area contributed by atoms with Crippen LogP contribution in [-0.2, 0) is 0 Å². The molecule has 0 aliphatic heterocycles. The van der Waals surface area contributed by atoms with Crippen LogP contribution in [0.2, 0.25) is 5.15 Å². The Bertz CT molecular complexity index is 656. The fraction of sp³-hybridized carbons (Fsp3) is 0.0714. The Labute approximate surface area is 125 Å². The van der Waals surface area contributed by atoms with Gasteiger partial charge in [-0.3, -0.25) is 4.79 Å². The summed E-state index contributed by atoms with van der Waals surface area (Å²) in [5, 5.41) is 7.05. The number of hydrogen-bond donors (Lipinski definition) is 1. The van der Waals surface area contributed by atoms with Crippen molar-refractivity contribution < 1.29 is 4.79 Å². The Morgan fingerprint density at radius 3 is 2.52 bits per heavy atom. The van der Waals surface area contributed by atoms with E-state index in [1.807, 2.05) is 6.07 Å². The number of benzene rings is 1. The molecular weight excluding hydrogens is 292 g/mol. The van der Waals surface area contributed by atoms with E-state index in [4.69, 9.17) is 11.6 Å². The van der Waals surface area contributed by atoms with Gasteiger partial charge in [0.2, 0.25) is 0 Å². The monoisotopic (exact) mass is 302 g/mol. The minimum atomic E-state index is -0.446. The lowest BCUT2D eigenvalue weighted by Crippen LogP contribution is -2.21. The highest BCUT2D eigenvalue weighted by molar-refractivity contribution is 6.29. The van der Waals surface area contributed by atoms with E-state index in [1.54, 1.807) is 24.3 Å². The predicted molar refractivity (Wildman–Crippen MR) is 80.4 cm³/mol. The van der Waals surface area contributed by atoms with Crippen LogP contribution in [0.4, 0.5) is 0 Å². The number of halogens is 1. The van der Waals surface area contributed by atoms with Crippen LogP contribution >= 0.6 is 11.6 Å². The van der Waals surface area contributed by atoms with Crippen LogP contribution < -0.4 is 5.43 Å². The molecule has 0 radical (unpaired) electrons. The molecular formula is C14H11ClN4O2. The summed E-state index contributed by atoms with van der Waals surface area (Å²) in [4.78, 5) is 26.2. The highest BCUT2D eigenvalue weighted by atomic mass is 35.5. The molecule has 0 bridgehead atoms. The van der Waals surface area contributed by atoms with Gasteiger partial charge >= 0.3 is 0 Å². The van der Waals surface area contributed by atoms with Crippen molar-refractivity contribution in [2.24, 2.45) is 10.3 Å². The lowest BCUT2D eigenvalue weighted by Gasteiger charge is -2.04. The average Bonchev–Trinajstić information content (AvgIpc) is 2.52. The number of rotatable bonds is 5. The van der Waals surface area contributed by atoms with Crippen molar-refractivity contribution in [2.45, 2.75) is 0 Å². The molecule has 6 nitrogen and oxygen atoms in total. The van der Waals surface area contributed by atoms with Gasteiger partial charge in [0.15, 0.2) is 0 Å². The summed E-state index contributed by atoms with van der Waals surface area (Å²) < 4.78 is 0. The maximum absolute atomic E-state index is 11.9. The molecule has 1 N–H and O–H groups in total. The Morgan fingerprint density at radius 2 is 1.90 bits per heavy atom. The van der Waals surface area contributed by atoms with E-state index in [9.17, 15) is 9.70 Å². The van der Waals surface area contributed by atoms with Gasteiger partial charge in [-0.15, -0.1) is 0 Å². The number of carbonyl (C=O) groups is 1. The lowest BCUT2D eigenvalue weighted by molar-refractivity contribution is 0.0954. The topological polar surface area (TPSA) is 83.8 Å². The smallest absolute Gasteiger partial charge is 0.267 e. The van der Waals surface area contributed by atoms with Gasteiger partial charge in [-0.05, 0) is 17.7 Å². The molecule has 0 saturated carbocycles. The molecule has 1 heterocycles. The Morgan fingerprint density at radius 1 is 1.14 bits per heavy atom. The normalized spacial score (nSPS) is 11.0. The number of nitrogens with one attached hydrogen (secondary N) is 1. The zero-order chi connectivity index (χ0) is 15.1. The first-order chi connectivity index (χ1) is 10.2. The van der Waals surface area contributed by atoms with E-state index < -0.39 is 5.91 Å². The summed E-state index contributed by atoms with van der Waals surface area (Å²) in [5.74, 6) is -0.446. The average molecular weight is 303 g/mol. The molecule has 1 aromatic carbocycles. The first kappa shape index (κ1) is 14.8. The highest BCUT2D eigenvalue weighted by Crippen LogP contribution is 2.05. The molecule has 2 aromatic rings. The first-order valence-electron chi connectivity index (χ1n) is 6.03. The second-order valence-electron chi connectivity index (χ2n) is 4.02.